The Morgan fingerprint density at radius 3 is 3.13 bits per heavy atom. The monoisotopic (exact) mass is 212 g/mol. The molecule has 0 saturated carbocycles. The van der Waals surface area contributed by atoms with Crippen molar-refractivity contribution in [2.45, 2.75) is 26.3 Å². The molecular weight excluding hydrogens is 188 g/mol. The standard InChI is InChI=1S/C12H24N2O/c1-11(2)10-15-8-7-14-6-4-5-13-12(3)9-14/h12-13H,1,4-10H2,2-3H3. The normalized spacial score (nSPS) is 23.7. The van der Waals surface area contributed by atoms with Gasteiger partial charge in [-0.2, -0.15) is 0 Å². The lowest BCUT2D eigenvalue weighted by atomic mass is 10.3. The van der Waals surface area contributed by atoms with E-state index < -0.39 is 0 Å². The molecule has 1 rings (SSSR count). The number of nitrogens with one attached hydrogen (secondary N) is 1. The van der Waals surface area contributed by atoms with Gasteiger partial charge < -0.3 is 10.1 Å². The molecule has 1 unspecified atom stereocenters. The molecule has 0 aromatic carbocycles. The van der Waals surface area contributed by atoms with Crippen LogP contribution in [-0.4, -0.2) is 50.3 Å². The smallest absolute Gasteiger partial charge is 0.0672 e. The summed E-state index contributed by atoms with van der Waals surface area (Å²) in [6.07, 6.45) is 1.24. The summed E-state index contributed by atoms with van der Waals surface area (Å²) in [7, 11) is 0. The first-order valence-corrected chi connectivity index (χ1v) is 5.86. The molecule has 1 fully saturated rings. The number of nitrogens with zero attached hydrogens (tertiary/aromatic N) is 1. The summed E-state index contributed by atoms with van der Waals surface area (Å²) in [6, 6.07) is 0.605. The highest BCUT2D eigenvalue weighted by molar-refractivity contribution is 4.87. The second-order valence-electron chi connectivity index (χ2n) is 4.52. The third kappa shape index (κ3) is 5.92. The van der Waals surface area contributed by atoms with Gasteiger partial charge >= 0.3 is 0 Å². The summed E-state index contributed by atoms with van der Waals surface area (Å²) in [5.41, 5.74) is 1.10. The van der Waals surface area contributed by atoms with Crippen LogP contribution in [0.15, 0.2) is 12.2 Å². The van der Waals surface area contributed by atoms with E-state index >= 15 is 0 Å². The highest BCUT2D eigenvalue weighted by atomic mass is 16.5. The largest absolute Gasteiger partial charge is 0.376 e. The SMILES string of the molecule is C=C(C)COCCN1CCCNC(C)C1. The van der Waals surface area contributed by atoms with Crippen LogP contribution in [0.4, 0.5) is 0 Å². The minimum atomic E-state index is 0.605. The number of rotatable bonds is 5. The fraction of sp³-hybridized carbons (Fsp3) is 0.833. The average Bonchev–Trinajstić information content (AvgIpc) is 2.37. The topological polar surface area (TPSA) is 24.5 Å². The molecule has 1 aliphatic heterocycles. The van der Waals surface area contributed by atoms with E-state index in [1.807, 2.05) is 6.92 Å². The van der Waals surface area contributed by atoms with Crippen molar-refractivity contribution >= 4 is 0 Å². The molecule has 0 spiro atoms. The maximum absolute atomic E-state index is 5.51. The summed E-state index contributed by atoms with van der Waals surface area (Å²) in [6.45, 7) is 14.1. The molecule has 0 amide bonds. The van der Waals surface area contributed by atoms with Crippen LogP contribution in [0.3, 0.4) is 0 Å². The van der Waals surface area contributed by atoms with Crippen LogP contribution < -0.4 is 5.32 Å². The molecule has 1 heterocycles. The Morgan fingerprint density at radius 2 is 2.40 bits per heavy atom. The van der Waals surface area contributed by atoms with Gasteiger partial charge in [-0.15, -0.1) is 0 Å². The summed E-state index contributed by atoms with van der Waals surface area (Å²) in [5, 5.41) is 3.49. The van der Waals surface area contributed by atoms with E-state index in [9.17, 15) is 0 Å². The zero-order valence-corrected chi connectivity index (χ0v) is 10.1. The maximum atomic E-state index is 5.51. The Labute approximate surface area is 93.5 Å². The molecule has 88 valence electrons. The lowest BCUT2D eigenvalue weighted by Crippen LogP contribution is -2.36. The van der Waals surface area contributed by atoms with E-state index in [1.54, 1.807) is 0 Å². The maximum Gasteiger partial charge on any atom is 0.0672 e. The van der Waals surface area contributed by atoms with E-state index in [1.165, 1.54) is 13.0 Å². The van der Waals surface area contributed by atoms with Crippen LogP contribution in [0, 0.1) is 0 Å². The first kappa shape index (κ1) is 12.7. The van der Waals surface area contributed by atoms with Gasteiger partial charge in [-0.25, -0.2) is 0 Å². The van der Waals surface area contributed by atoms with Gasteiger partial charge in [0.25, 0.3) is 0 Å². The quantitative estimate of drug-likeness (QED) is 0.548. The van der Waals surface area contributed by atoms with Crippen LogP contribution in [-0.2, 0) is 4.74 Å². The Balaban J connectivity index is 2.11. The minimum Gasteiger partial charge on any atom is -0.376 e. The van der Waals surface area contributed by atoms with Crippen LogP contribution in [0.1, 0.15) is 20.3 Å². The van der Waals surface area contributed by atoms with Crippen molar-refractivity contribution in [1.29, 1.82) is 0 Å². The van der Waals surface area contributed by atoms with Crippen LogP contribution in [0.2, 0.25) is 0 Å². The predicted octanol–water partition coefficient (Wildman–Crippen LogP) is 1.26. The van der Waals surface area contributed by atoms with Gasteiger partial charge in [-0.05, 0) is 33.4 Å². The molecule has 0 radical (unpaired) electrons. The van der Waals surface area contributed by atoms with Crippen molar-refractivity contribution in [1.82, 2.24) is 10.2 Å². The fourth-order valence-electron chi connectivity index (χ4n) is 1.84. The molecular formula is C12H24N2O. The first-order valence-electron chi connectivity index (χ1n) is 5.86. The van der Waals surface area contributed by atoms with Gasteiger partial charge in [0, 0.05) is 19.1 Å². The highest BCUT2D eigenvalue weighted by Crippen LogP contribution is 2.00. The zero-order valence-electron chi connectivity index (χ0n) is 10.1. The van der Waals surface area contributed by atoms with Crippen molar-refractivity contribution in [2.75, 3.05) is 39.4 Å². The second-order valence-corrected chi connectivity index (χ2v) is 4.52. The fourth-order valence-corrected chi connectivity index (χ4v) is 1.84. The van der Waals surface area contributed by atoms with Gasteiger partial charge in [0.15, 0.2) is 0 Å². The Kier molecular flexibility index (Phi) is 5.91. The van der Waals surface area contributed by atoms with Crippen molar-refractivity contribution in [3.05, 3.63) is 12.2 Å². The second kappa shape index (κ2) is 6.99. The van der Waals surface area contributed by atoms with Crippen LogP contribution >= 0.6 is 0 Å². The van der Waals surface area contributed by atoms with Gasteiger partial charge in [0.1, 0.15) is 0 Å². The van der Waals surface area contributed by atoms with Gasteiger partial charge in [0.05, 0.1) is 13.2 Å². The predicted molar refractivity (Wildman–Crippen MR) is 64.2 cm³/mol. The first-order chi connectivity index (χ1) is 7.18. The van der Waals surface area contributed by atoms with Crippen molar-refractivity contribution < 1.29 is 4.74 Å². The number of hydrogen-bond acceptors (Lipinski definition) is 3. The molecule has 0 aliphatic carbocycles. The molecule has 1 saturated heterocycles. The molecule has 3 heteroatoms. The van der Waals surface area contributed by atoms with E-state index in [2.05, 4.69) is 23.7 Å². The van der Waals surface area contributed by atoms with Crippen molar-refractivity contribution in [2.24, 2.45) is 0 Å². The van der Waals surface area contributed by atoms with E-state index in [-0.39, 0.29) is 0 Å². The molecule has 0 bridgehead atoms. The van der Waals surface area contributed by atoms with Crippen molar-refractivity contribution in [3.8, 4) is 0 Å². The zero-order chi connectivity index (χ0) is 11.1. The summed E-state index contributed by atoms with van der Waals surface area (Å²) in [4.78, 5) is 2.48. The molecule has 15 heavy (non-hydrogen) atoms. The number of ether oxygens (including phenoxy) is 1. The van der Waals surface area contributed by atoms with E-state index in [0.29, 0.717) is 12.6 Å². The van der Waals surface area contributed by atoms with Gasteiger partial charge in [-0.1, -0.05) is 12.2 Å². The Hall–Kier alpha value is -0.380. The lowest BCUT2D eigenvalue weighted by Gasteiger charge is -2.21. The van der Waals surface area contributed by atoms with Crippen molar-refractivity contribution in [3.63, 3.8) is 0 Å². The lowest BCUT2D eigenvalue weighted by molar-refractivity contribution is 0.119. The molecule has 3 nitrogen and oxygen atoms in total. The van der Waals surface area contributed by atoms with Gasteiger partial charge in [-0.3, -0.25) is 4.90 Å². The van der Waals surface area contributed by atoms with Crippen LogP contribution in [0.5, 0.6) is 0 Å². The minimum absolute atomic E-state index is 0.605. The molecule has 0 aromatic heterocycles. The van der Waals surface area contributed by atoms with E-state index in [4.69, 9.17) is 4.74 Å². The highest BCUT2D eigenvalue weighted by Gasteiger charge is 2.12. The van der Waals surface area contributed by atoms with E-state index in [0.717, 1.165) is 31.8 Å². The molecule has 0 aromatic rings. The molecule has 1 aliphatic rings. The summed E-state index contributed by atoms with van der Waals surface area (Å²) >= 11 is 0. The molecule has 1 atom stereocenters. The Bertz CT molecular complexity index is 194. The number of hydrogen-bond donors (Lipinski definition) is 1. The average molecular weight is 212 g/mol. The molecule has 1 N–H and O–H groups in total. The summed E-state index contributed by atoms with van der Waals surface area (Å²) in [5.74, 6) is 0. The third-order valence-electron chi connectivity index (χ3n) is 2.58. The summed E-state index contributed by atoms with van der Waals surface area (Å²) < 4.78 is 5.51. The van der Waals surface area contributed by atoms with Gasteiger partial charge in [0.2, 0.25) is 0 Å². The Morgan fingerprint density at radius 1 is 1.60 bits per heavy atom. The third-order valence-corrected chi connectivity index (χ3v) is 2.58. The van der Waals surface area contributed by atoms with Crippen LogP contribution in [0.25, 0.3) is 0 Å².